The van der Waals surface area contributed by atoms with Gasteiger partial charge in [-0.05, 0) is 157 Å². The molecule has 123 heavy (non-hydrogen) atoms. The van der Waals surface area contributed by atoms with Crippen molar-refractivity contribution in [2.45, 2.75) is 189 Å². The molecule has 34 heteroatoms. The van der Waals surface area contributed by atoms with Crippen LogP contribution in [0.15, 0.2) is 107 Å². The summed E-state index contributed by atoms with van der Waals surface area (Å²) in [5, 5.41) is 24.1. The molecule has 654 valence electrons. The molecule has 9 aliphatic rings. The first-order valence-electron chi connectivity index (χ1n) is 43.1. The van der Waals surface area contributed by atoms with Gasteiger partial charge in [0.2, 0.25) is 58.5 Å². The molecule has 4 aliphatic carbocycles. The topological polar surface area (TPSA) is 370 Å². The molecule has 4 amide bonds. The van der Waals surface area contributed by atoms with Gasteiger partial charge in [-0.15, -0.1) is 0 Å². The maximum atomic E-state index is 13.2. The molecule has 5 fully saturated rings. The van der Waals surface area contributed by atoms with Crippen LogP contribution in [0.25, 0.3) is 0 Å². The number of nitrogens with zero attached hydrogens (tertiary/aromatic N) is 19. The zero-order chi connectivity index (χ0) is 87.6. The van der Waals surface area contributed by atoms with Gasteiger partial charge in [0, 0.05) is 153 Å². The molecule has 8 aromatic rings. The third-order valence-corrected chi connectivity index (χ3v) is 25.4. The monoisotopic (exact) mass is 1680 g/mol. The molecule has 5 aliphatic heterocycles. The maximum Gasteiger partial charge on any atom is 0.275 e. The summed E-state index contributed by atoms with van der Waals surface area (Å²) in [4.78, 5) is 149. The lowest BCUT2D eigenvalue weighted by atomic mass is 9.91. The van der Waals surface area contributed by atoms with Gasteiger partial charge in [-0.25, -0.2) is 19.9 Å². The van der Waals surface area contributed by atoms with Crippen LogP contribution in [0, 0.1) is 38.7 Å². The highest BCUT2D eigenvalue weighted by atomic mass is 16.6. The molecule has 0 radical (unpaired) electrons. The fourth-order valence-corrected chi connectivity index (χ4v) is 18.5. The van der Waals surface area contributed by atoms with Crippen LogP contribution in [0.5, 0.6) is 5.75 Å². The Bertz CT molecular complexity index is 5300. The summed E-state index contributed by atoms with van der Waals surface area (Å²) in [7, 11) is 10.8. The number of amides is 4. The van der Waals surface area contributed by atoms with E-state index in [0.29, 0.717) is 103 Å². The maximum absolute atomic E-state index is 13.2. The minimum absolute atomic E-state index is 0.0203. The van der Waals surface area contributed by atoms with E-state index < -0.39 is 26.6 Å². The lowest BCUT2D eigenvalue weighted by Gasteiger charge is -2.34. The van der Waals surface area contributed by atoms with Crippen molar-refractivity contribution in [3.8, 4) is 5.75 Å². The standard InChI is InChI=1S/C26H37N7O.C22H28N6O4.C21H28N6O2.C20H26N6O2/c1-26(2)18-33(21-7-5-6-8-21)23-22(31(4)24(26)34)17-27-25(29-23)28-19-9-11-20(12-10-19)32-15-13-30(3)14-16-32;1-22(2)13-27(15-7-5-6-8-15)19-18(26(3)20(22)29)12-23-21(25-19)24-14-9-16(28(30)31)11-17(10-14)32-4;1-13-9-17(28)22-10-15(13)24-20-23-11-16-18(25-20)27(14-7-5-6-8-14)12-21(2,3)19(29)26(16)4;1-20(2)12-26(14-6-4-5-7-14)17-15(25(3)18(20)28)11-22-19(24-17)23-13-8-9-16(27)21-10-13/h9-12,17,21H,5-8,13-16,18H2,1-4H3,(H,27,28,29);9-12,15H,5-8,13H2,1-4H3,(H,23,24,25);9-11,14H,5-8,12H2,1-4H3,(H,22,28)(H,23,24,25);8-11,14H,4-7,12H2,1-3H3,(H,21,27)(H,22,23,24). The van der Waals surface area contributed by atoms with Gasteiger partial charge in [-0.2, -0.15) is 19.9 Å². The van der Waals surface area contributed by atoms with Gasteiger partial charge < -0.3 is 85.0 Å². The second kappa shape index (κ2) is 36.1. The molecule has 0 spiro atoms. The summed E-state index contributed by atoms with van der Waals surface area (Å²) in [6.07, 6.45) is 28.5. The SMILES string of the molecule is CN1C(=O)C(C)(C)CN(C2CCCC2)c2nc(Nc3ccc(=O)[nH]c3)ncc21.CN1CCN(c2ccc(Nc3ncc4c(n3)N(C3CCCC3)CC(C)(C)C(=O)N4C)cc2)CC1.COc1cc(Nc2ncc3c(n2)N(C2CCCC2)CC(C)(C)C(=O)N3C)cc([N+](=O)[O-])c1.Cc1cc(=O)[nH]cc1Nc1ncc2c(n1)N(C1CCCC1)CC(C)(C)C(=O)N2C. The molecule has 0 bridgehead atoms. The number of nitrogens with one attached hydrogen (secondary N) is 6. The van der Waals surface area contributed by atoms with Gasteiger partial charge in [-0.1, -0.05) is 51.4 Å². The van der Waals surface area contributed by atoms with Crippen LogP contribution in [0.3, 0.4) is 0 Å². The van der Waals surface area contributed by atoms with Gasteiger partial charge in [0.1, 0.15) is 28.5 Å². The Morgan fingerprint density at radius 1 is 0.423 bits per heavy atom. The van der Waals surface area contributed by atoms with Crippen LogP contribution in [-0.2, 0) is 19.2 Å². The van der Waals surface area contributed by atoms with E-state index in [1.807, 2.05) is 69.4 Å². The summed E-state index contributed by atoms with van der Waals surface area (Å²) in [5.41, 5.74) is 5.35. The number of non-ortho nitro benzene ring substituents is 1. The summed E-state index contributed by atoms with van der Waals surface area (Å²) < 4.78 is 5.19. The molecule has 1 saturated heterocycles. The molecular weight excluding hydrogens is 1560 g/mol. The molecule has 6 N–H and O–H groups in total. The predicted octanol–water partition coefficient (Wildman–Crippen LogP) is 13.2. The van der Waals surface area contributed by atoms with E-state index in [4.69, 9.17) is 24.7 Å². The number of nitro benzene ring substituents is 1. The number of piperazine rings is 1. The van der Waals surface area contributed by atoms with Crippen molar-refractivity contribution in [3.05, 3.63) is 134 Å². The van der Waals surface area contributed by atoms with Crippen molar-refractivity contribution in [2.24, 2.45) is 21.7 Å². The average molecular weight is 1680 g/mol. The number of carbonyl (C=O) groups excluding carboxylic acids is 4. The van der Waals surface area contributed by atoms with Crippen LogP contribution < -0.4 is 81.2 Å². The van der Waals surface area contributed by atoms with E-state index in [0.717, 1.165) is 142 Å². The Labute approximate surface area is 718 Å². The summed E-state index contributed by atoms with van der Waals surface area (Å²) in [6.45, 7) is 24.6. The molecular formula is C89H119N25O9. The first kappa shape index (κ1) is 87.3. The van der Waals surface area contributed by atoms with Crippen LogP contribution in [-0.4, -0.2) is 202 Å². The molecule has 4 saturated carbocycles. The number of benzene rings is 2. The fraction of sp³-hybridized carbons (Fsp3) is 0.528. The van der Waals surface area contributed by atoms with Crippen LogP contribution in [0.2, 0.25) is 0 Å². The fourth-order valence-electron chi connectivity index (χ4n) is 18.5. The first-order chi connectivity index (χ1) is 58.6. The second-order valence-corrected chi connectivity index (χ2v) is 36.7. The lowest BCUT2D eigenvalue weighted by molar-refractivity contribution is -0.384. The van der Waals surface area contributed by atoms with Crippen molar-refractivity contribution in [3.63, 3.8) is 0 Å². The number of anilines is 17. The van der Waals surface area contributed by atoms with Crippen molar-refractivity contribution < 1.29 is 28.8 Å². The Morgan fingerprint density at radius 2 is 0.764 bits per heavy atom. The number of aryl methyl sites for hydroxylation is 1. The number of aromatic nitrogens is 10. The zero-order valence-electron chi connectivity index (χ0n) is 73.7. The molecule has 17 rings (SSSR count). The third-order valence-electron chi connectivity index (χ3n) is 25.4. The van der Waals surface area contributed by atoms with E-state index in [9.17, 15) is 38.9 Å². The number of hydrogen-bond donors (Lipinski definition) is 6. The number of hydrogen-bond acceptors (Lipinski definition) is 27. The Kier molecular flexibility index (Phi) is 25.6. The average Bonchev–Trinajstić information content (AvgIpc) is 1.62. The Morgan fingerprint density at radius 3 is 1.11 bits per heavy atom. The quantitative estimate of drug-likeness (QED) is 0.0410. The largest absolute Gasteiger partial charge is 0.496 e. The Balaban J connectivity index is 0.000000134. The molecule has 34 nitrogen and oxygen atoms in total. The van der Waals surface area contributed by atoms with Crippen molar-refractivity contribution in [1.82, 2.24) is 54.7 Å². The van der Waals surface area contributed by atoms with Crippen molar-refractivity contribution in [2.75, 3.05) is 160 Å². The number of ether oxygens (including phenoxy) is 1. The normalized spacial score (nSPS) is 19.7. The highest BCUT2D eigenvalue weighted by Crippen LogP contribution is 2.46. The number of H-pyrrole nitrogens is 2. The smallest absolute Gasteiger partial charge is 0.275 e. The molecule has 6 aromatic heterocycles. The van der Waals surface area contributed by atoms with Gasteiger partial charge in [0.05, 0.1) is 81.6 Å². The van der Waals surface area contributed by atoms with E-state index >= 15 is 0 Å². The first-order valence-corrected chi connectivity index (χ1v) is 43.1. The van der Waals surface area contributed by atoms with Gasteiger partial charge in [0.15, 0.2) is 23.3 Å². The van der Waals surface area contributed by atoms with Gasteiger partial charge in [-0.3, -0.25) is 38.9 Å². The summed E-state index contributed by atoms with van der Waals surface area (Å²) in [5.74, 6) is 5.52. The number of methoxy groups -OCH3 is 1. The van der Waals surface area contributed by atoms with E-state index in [1.165, 1.54) is 75.6 Å². The molecule has 0 atom stereocenters. The zero-order valence-corrected chi connectivity index (χ0v) is 73.7. The number of fused-ring (bicyclic) bond motifs is 4. The number of carbonyl (C=O) groups is 4. The number of aromatic amines is 2. The van der Waals surface area contributed by atoms with Gasteiger partial charge in [0.25, 0.3) is 5.69 Å². The van der Waals surface area contributed by atoms with E-state index in [2.05, 4.69) is 112 Å². The van der Waals surface area contributed by atoms with Crippen LogP contribution in [0.1, 0.15) is 164 Å². The minimum atomic E-state index is -0.570. The highest BCUT2D eigenvalue weighted by molar-refractivity contribution is 6.04. The Hall–Kier alpha value is -12.1. The molecule has 11 heterocycles. The highest BCUT2D eigenvalue weighted by Gasteiger charge is 2.47. The number of rotatable bonds is 15. The molecule has 0 unspecified atom stereocenters. The predicted molar refractivity (Wildman–Crippen MR) is 483 cm³/mol. The van der Waals surface area contributed by atoms with Crippen LogP contribution >= 0.6 is 0 Å². The second-order valence-electron chi connectivity index (χ2n) is 36.7. The number of likely N-dealkylation sites (N-methyl/N-ethyl adjacent to an activating group) is 1. The van der Waals surface area contributed by atoms with Gasteiger partial charge >= 0.3 is 0 Å². The minimum Gasteiger partial charge on any atom is -0.496 e. The van der Waals surface area contributed by atoms with Crippen molar-refractivity contribution in [1.29, 1.82) is 0 Å². The van der Waals surface area contributed by atoms with Crippen molar-refractivity contribution >= 4 is 128 Å². The van der Waals surface area contributed by atoms with Crippen LogP contribution in [0.4, 0.5) is 104 Å². The summed E-state index contributed by atoms with van der Waals surface area (Å²) >= 11 is 0. The lowest BCUT2D eigenvalue weighted by Crippen LogP contribution is -2.45. The molecule has 2 aromatic carbocycles. The van der Waals surface area contributed by atoms with E-state index in [1.54, 1.807) is 90.1 Å². The number of nitro groups is 1. The van der Waals surface area contributed by atoms with E-state index in [-0.39, 0.29) is 40.4 Å². The third kappa shape index (κ3) is 19.4. The number of pyridine rings is 2. The summed E-state index contributed by atoms with van der Waals surface area (Å²) in [6, 6.07) is 19.1.